The Kier molecular flexibility index (Phi) is 11.3. The van der Waals surface area contributed by atoms with Gasteiger partial charge in [0.05, 0.1) is 12.5 Å². The molecular formula is C15H25N5O8S. The van der Waals surface area contributed by atoms with E-state index >= 15 is 0 Å². The summed E-state index contributed by atoms with van der Waals surface area (Å²) in [6.45, 7) is 1.30. The molecule has 4 amide bonds. The van der Waals surface area contributed by atoms with E-state index in [1.165, 1.54) is 6.92 Å². The van der Waals surface area contributed by atoms with Gasteiger partial charge in [-0.3, -0.25) is 24.0 Å². The Labute approximate surface area is 171 Å². The molecule has 0 aliphatic heterocycles. The Hall–Kier alpha value is -2.87. The van der Waals surface area contributed by atoms with Gasteiger partial charge >= 0.3 is 11.9 Å². The van der Waals surface area contributed by atoms with Crippen LogP contribution in [-0.4, -0.2) is 75.7 Å². The molecule has 4 unspecified atom stereocenters. The molecule has 0 radical (unpaired) electrons. The molecule has 0 rings (SSSR count). The predicted molar refractivity (Wildman–Crippen MR) is 102 cm³/mol. The molecule has 164 valence electrons. The van der Waals surface area contributed by atoms with E-state index in [2.05, 4.69) is 23.3 Å². The van der Waals surface area contributed by atoms with Crippen molar-refractivity contribution in [2.75, 3.05) is 5.75 Å². The van der Waals surface area contributed by atoms with Gasteiger partial charge in [-0.1, -0.05) is 0 Å². The molecule has 0 spiro atoms. The van der Waals surface area contributed by atoms with E-state index < -0.39 is 72.6 Å². The minimum absolute atomic E-state index is 0.0280. The number of primary amides is 1. The third-order valence-corrected chi connectivity index (χ3v) is 3.98. The van der Waals surface area contributed by atoms with Gasteiger partial charge in [-0.2, -0.15) is 12.6 Å². The second-order valence-corrected chi connectivity index (χ2v) is 6.45. The highest BCUT2D eigenvalue weighted by atomic mass is 32.1. The summed E-state index contributed by atoms with van der Waals surface area (Å²) in [5.41, 5.74) is 10.4. The van der Waals surface area contributed by atoms with E-state index in [1.54, 1.807) is 0 Å². The lowest BCUT2D eigenvalue weighted by Crippen LogP contribution is -2.56. The van der Waals surface area contributed by atoms with E-state index in [1.807, 2.05) is 5.32 Å². The number of hydrogen-bond donors (Lipinski definition) is 8. The Balaban J connectivity index is 5.19. The van der Waals surface area contributed by atoms with Crippen LogP contribution < -0.4 is 27.4 Å². The first kappa shape index (κ1) is 26.1. The average Bonchev–Trinajstić information content (AvgIpc) is 2.62. The topological polar surface area (TPSA) is 231 Å². The summed E-state index contributed by atoms with van der Waals surface area (Å²) in [5, 5.41) is 24.4. The second-order valence-electron chi connectivity index (χ2n) is 6.08. The minimum atomic E-state index is -1.66. The average molecular weight is 435 g/mol. The van der Waals surface area contributed by atoms with Gasteiger partial charge in [0.2, 0.25) is 23.6 Å². The molecule has 0 saturated heterocycles. The quantitative estimate of drug-likeness (QED) is 0.134. The molecule has 0 heterocycles. The molecule has 0 saturated carbocycles. The molecule has 9 N–H and O–H groups in total. The number of rotatable bonds is 13. The summed E-state index contributed by atoms with van der Waals surface area (Å²) in [6.07, 6.45) is -1.58. The van der Waals surface area contributed by atoms with Crippen LogP contribution in [0.25, 0.3) is 0 Å². The molecular weight excluding hydrogens is 410 g/mol. The fraction of sp³-hybridized carbons (Fsp3) is 0.600. The molecule has 14 heteroatoms. The van der Waals surface area contributed by atoms with Crippen LogP contribution in [0, 0.1) is 0 Å². The molecule has 0 fully saturated rings. The van der Waals surface area contributed by atoms with Crippen molar-refractivity contribution in [1.29, 1.82) is 0 Å². The number of hydrogen-bond acceptors (Lipinski definition) is 8. The lowest BCUT2D eigenvalue weighted by atomic mass is 10.1. The highest BCUT2D eigenvalue weighted by Gasteiger charge is 2.29. The first-order valence-corrected chi connectivity index (χ1v) is 9.02. The van der Waals surface area contributed by atoms with E-state index in [4.69, 9.17) is 21.7 Å². The number of thiol groups is 1. The minimum Gasteiger partial charge on any atom is -0.481 e. The van der Waals surface area contributed by atoms with E-state index in [9.17, 15) is 28.8 Å². The molecule has 0 bridgehead atoms. The Morgan fingerprint density at radius 3 is 1.93 bits per heavy atom. The molecule has 13 nitrogen and oxygen atoms in total. The lowest BCUT2D eigenvalue weighted by Gasteiger charge is -2.23. The number of nitrogens with two attached hydrogens (primary N) is 2. The van der Waals surface area contributed by atoms with Crippen LogP contribution >= 0.6 is 12.6 Å². The van der Waals surface area contributed by atoms with Crippen molar-refractivity contribution >= 4 is 48.2 Å². The van der Waals surface area contributed by atoms with Gasteiger partial charge < -0.3 is 37.6 Å². The maximum atomic E-state index is 12.3. The van der Waals surface area contributed by atoms with Gasteiger partial charge in [0.25, 0.3) is 0 Å². The number of carboxylic acids is 2. The first-order valence-electron chi connectivity index (χ1n) is 8.39. The number of carboxylic acid groups (broad SMARTS) is 2. The summed E-state index contributed by atoms with van der Waals surface area (Å²) < 4.78 is 0. The molecule has 0 aromatic carbocycles. The number of aliphatic carboxylic acids is 2. The largest absolute Gasteiger partial charge is 0.481 e. The monoisotopic (exact) mass is 435 g/mol. The van der Waals surface area contributed by atoms with Gasteiger partial charge in [-0.25, -0.2) is 4.79 Å². The standard InChI is InChI=1S/C15H25N5O8S/c1-6(18-13(25)7(16)5-29)12(24)19-8(2-3-11(22)23)14(26)20-9(15(27)28)4-10(17)21/h6-9,29H,2-5,16H2,1H3,(H2,17,21)(H,18,25)(H,19,24)(H,20,26)(H,22,23)(H,27,28). The first-order chi connectivity index (χ1) is 13.4. The smallest absolute Gasteiger partial charge is 0.326 e. The van der Waals surface area contributed by atoms with Gasteiger partial charge in [-0.15, -0.1) is 0 Å². The maximum Gasteiger partial charge on any atom is 0.326 e. The number of carbonyl (C=O) groups excluding carboxylic acids is 4. The van der Waals surface area contributed by atoms with Gasteiger partial charge in [0.1, 0.15) is 18.1 Å². The Bertz CT molecular complexity index is 659. The van der Waals surface area contributed by atoms with Crippen LogP contribution in [0.1, 0.15) is 26.2 Å². The van der Waals surface area contributed by atoms with Crippen LogP contribution in [0.2, 0.25) is 0 Å². The zero-order chi connectivity index (χ0) is 22.7. The van der Waals surface area contributed by atoms with Crippen molar-refractivity contribution in [3.8, 4) is 0 Å². The van der Waals surface area contributed by atoms with Crippen molar-refractivity contribution in [2.24, 2.45) is 11.5 Å². The van der Waals surface area contributed by atoms with E-state index in [-0.39, 0.29) is 12.2 Å². The van der Waals surface area contributed by atoms with Crippen LogP contribution in [0.15, 0.2) is 0 Å². The third-order valence-electron chi connectivity index (χ3n) is 3.59. The molecule has 0 aliphatic rings. The maximum absolute atomic E-state index is 12.3. The molecule has 29 heavy (non-hydrogen) atoms. The molecule has 4 atom stereocenters. The van der Waals surface area contributed by atoms with Gasteiger partial charge in [0, 0.05) is 12.2 Å². The zero-order valence-electron chi connectivity index (χ0n) is 15.6. The summed E-state index contributed by atoms with van der Waals surface area (Å²) in [5.74, 6) is -6.29. The highest BCUT2D eigenvalue weighted by molar-refractivity contribution is 7.80. The zero-order valence-corrected chi connectivity index (χ0v) is 16.5. The molecule has 0 aliphatic carbocycles. The van der Waals surface area contributed by atoms with Crippen LogP contribution in [0.3, 0.4) is 0 Å². The number of amides is 4. The van der Waals surface area contributed by atoms with Crippen molar-refractivity contribution in [2.45, 2.75) is 50.4 Å². The van der Waals surface area contributed by atoms with Gasteiger partial charge in [-0.05, 0) is 13.3 Å². The van der Waals surface area contributed by atoms with Crippen molar-refractivity contribution < 1.29 is 39.0 Å². The van der Waals surface area contributed by atoms with Crippen LogP contribution in [0.5, 0.6) is 0 Å². The van der Waals surface area contributed by atoms with Crippen LogP contribution in [-0.2, 0) is 28.8 Å². The summed E-state index contributed by atoms with van der Waals surface area (Å²) in [4.78, 5) is 69.2. The predicted octanol–water partition coefficient (Wildman–Crippen LogP) is -3.46. The van der Waals surface area contributed by atoms with Crippen LogP contribution in [0.4, 0.5) is 0 Å². The molecule has 0 aromatic heterocycles. The van der Waals surface area contributed by atoms with E-state index in [0.717, 1.165) is 0 Å². The van der Waals surface area contributed by atoms with Crippen molar-refractivity contribution in [3.05, 3.63) is 0 Å². The second kappa shape index (κ2) is 12.6. The normalized spacial score (nSPS) is 14.6. The SMILES string of the molecule is CC(NC(=O)C(N)CS)C(=O)NC(CCC(=O)O)C(=O)NC(CC(N)=O)C(=O)O. The number of carbonyl (C=O) groups is 6. The molecule has 0 aromatic rings. The van der Waals surface area contributed by atoms with Gasteiger partial charge in [0.15, 0.2) is 0 Å². The summed E-state index contributed by atoms with van der Waals surface area (Å²) in [6, 6.07) is -5.19. The van der Waals surface area contributed by atoms with Crippen molar-refractivity contribution in [3.63, 3.8) is 0 Å². The number of nitrogens with one attached hydrogen (secondary N) is 3. The van der Waals surface area contributed by atoms with Crippen molar-refractivity contribution in [1.82, 2.24) is 16.0 Å². The Morgan fingerprint density at radius 1 is 0.931 bits per heavy atom. The Morgan fingerprint density at radius 2 is 1.48 bits per heavy atom. The fourth-order valence-corrected chi connectivity index (χ4v) is 2.14. The van der Waals surface area contributed by atoms with E-state index in [0.29, 0.717) is 0 Å². The lowest BCUT2D eigenvalue weighted by molar-refractivity contribution is -0.144. The fourth-order valence-electron chi connectivity index (χ4n) is 1.98. The third kappa shape index (κ3) is 10.3. The summed E-state index contributed by atoms with van der Waals surface area (Å²) in [7, 11) is 0. The summed E-state index contributed by atoms with van der Waals surface area (Å²) >= 11 is 3.85. The highest BCUT2D eigenvalue weighted by Crippen LogP contribution is 2.02.